The summed E-state index contributed by atoms with van der Waals surface area (Å²) in [5, 5.41) is 9.10. The number of rotatable bonds is 1. The molecule has 2 aliphatic rings. The van der Waals surface area contributed by atoms with Gasteiger partial charge in [-0.05, 0) is 39.5 Å². The van der Waals surface area contributed by atoms with Gasteiger partial charge in [0.25, 0.3) is 0 Å². The fraction of sp³-hybridized carbons (Fsp3) is 0.929. The fourth-order valence-electron chi connectivity index (χ4n) is 3.39. The molecule has 2 heteroatoms. The largest absolute Gasteiger partial charge is 0.294 e. The third-order valence-corrected chi connectivity index (χ3v) is 4.50. The highest BCUT2D eigenvalue weighted by molar-refractivity contribution is 4.98. The average Bonchev–Trinajstić information content (AvgIpc) is 2.30. The quantitative estimate of drug-likeness (QED) is 0.677. The summed E-state index contributed by atoms with van der Waals surface area (Å²) in [5.41, 5.74) is 0.315. The molecule has 1 atom stereocenters. The van der Waals surface area contributed by atoms with Crippen LogP contribution in [-0.4, -0.2) is 23.0 Å². The van der Waals surface area contributed by atoms with Crippen molar-refractivity contribution in [3.05, 3.63) is 0 Å². The van der Waals surface area contributed by atoms with Gasteiger partial charge in [-0.2, -0.15) is 5.26 Å². The van der Waals surface area contributed by atoms with Gasteiger partial charge < -0.3 is 0 Å². The lowest BCUT2D eigenvalue weighted by Gasteiger charge is -2.49. The molecule has 0 aromatic heterocycles. The molecule has 1 unspecified atom stereocenters. The van der Waals surface area contributed by atoms with Gasteiger partial charge in [-0.1, -0.05) is 19.3 Å². The van der Waals surface area contributed by atoms with Gasteiger partial charge >= 0.3 is 0 Å². The molecule has 0 radical (unpaired) electrons. The van der Waals surface area contributed by atoms with Crippen molar-refractivity contribution >= 4 is 0 Å². The number of hydrogen-bond donors (Lipinski definition) is 0. The van der Waals surface area contributed by atoms with Crippen molar-refractivity contribution in [1.82, 2.24) is 4.90 Å². The van der Waals surface area contributed by atoms with E-state index in [-0.39, 0.29) is 5.92 Å². The van der Waals surface area contributed by atoms with Crippen molar-refractivity contribution in [2.24, 2.45) is 5.92 Å². The Balaban J connectivity index is 2.05. The van der Waals surface area contributed by atoms with E-state index in [1.54, 1.807) is 0 Å². The molecule has 1 heterocycles. The number of piperidine rings is 1. The molecule has 0 N–H and O–H groups in total. The predicted octanol–water partition coefficient (Wildman–Crippen LogP) is 3.33. The van der Waals surface area contributed by atoms with Gasteiger partial charge in [0.2, 0.25) is 0 Å². The monoisotopic (exact) mass is 220 g/mol. The number of hydrogen-bond acceptors (Lipinski definition) is 2. The van der Waals surface area contributed by atoms with Crippen LogP contribution in [0.15, 0.2) is 0 Å². The molecule has 2 rings (SSSR count). The molecule has 0 aromatic carbocycles. The van der Waals surface area contributed by atoms with Crippen LogP contribution in [0.1, 0.15) is 58.8 Å². The minimum absolute atomic E-state index is 0.273. The summed E-state index contributed by atoms with van der Waals surface area (Å²) in [4.78, 5) is 2.64. The molecule has 90 valence electrons. The zero-order valence-electron chi connectivity index (χ0n) is 10.7. The lowest BCUT2D eigenvalue weighted by Crippen LogP contribution is -2.55. The van der Waals surface area contributed by atoms with Gasteiger partial charge in [0.15, 0.2) is 0 Å². The number of likely N-dealkylation sites (tertiary alicyclic amines) is 1. The minimum atomic E-state index is 0.273. The lowest BCUT2D eigenvalue weighted by atomic mass is 9.81. The van der Waals surface area contributed by atoms with E-state index in [0.29, 0.717) is 5.54 Å². The zero-order valence-corrected chi connectivity index (χ0v) is 10.7. The van der Waals surface area contributed by atoms with Crippen molar-refractivity contribution in [3.8, 4) is 6.07 Å². The zero-order chi connectivity index (χ0) is 11.6. The van der Waals surface area contributed by atoms with Gasteiger partial charge in [-0.25, -0.2) is 0 Å². The van der Waals surface area contributed by atoms with Gasteiger partial charge in [0.1, 0.15) is 0 Å². The molecule has 1 aliphatic carbocycles. The predicted molar refractivity (Wildman–Crippen MR) is 66.0 cm³/mol. The smallest absolute Gasteiger partial charge is 0.0669 e. The second kappa shape index (κ2) is 4.75. The maximum absolute atomic E-state index is 9.10. The first-order chi connectivity index (χ1) is 7.63. The van der Waals surface area contributed by atoms with Crippen LogP contribution in [0.2, 0.25) is 0 Å². The second-order valence-corrected chi connectivity index (χ2v) is 6.12. The van der Waals surface area contributed by atoms with E-state index in [0.717, 1.165) is 19.0 Å². The van der Waals surface area contributed by atoms with Crippen molar-refractivity contribution in [3.63, 3.8) is 0 Å². The first-order valence-corrected chi connectivity index (χ1v) is 6.80. The van der Waals surface area contributed by atoms with E-state index in [1.165, 1.54) is 38.5 Å². The number of nitrogens with zero attached hydrogens (tertiary/aromatic N) is 2. The van der Waals surface area contributed by atoms with Gasteiger partial charge in [-0.3, -0.25) is 4.90 Å². The lowest BCUT2D eigenvalue weighted by molar-refractivity contribution is 0.00441. The molecule has 0 aromatic rings. The van der Waals surface area contributed by atoms with Crippen LogP contribution in [-0.2, 0) is 0 Å². The molecule has 1 aliphatic heterocycles. The van der Waals surface area contributed by atoms with E-state index < -0.39 is 0 Å². The van der Waals surface area contributed by atoms with Gasteiger partial charge in [-0.15, -0.1) is 0 Å². The Kier molecular flexibility index (Phi) is 3.54. The van der Waals surface area contributed by atoms with Crippen LogP contribution in [0.5, 0.6) is 0 Å². The molecule has 1 saturated heterocycles. The molecule has 2 nitrogen and oxygen atoms in total. The highest BCUT2D eigenvalue weighted by Crippen LogP contribution is 2.36. The van der Waals surface area contributed by atoms with Gasteiger partial charge in [0.05, 0.1) is 12.0 Å². The average molecular weight is 220 g/mol. The highest BCUT2D eigenvalue weighted by atomic mass is 15.2. The van der Waals surface area contributed by atoms with Crippen LogP contribution >= 0.6 is 0 Å². The molecule has 2 fully saturated rings. The maximum atomic E-state index is 9.10. The maximum Gasteiger partial charge on any atom is 0.0669 e. The van der Waals surface area contributed by atoms with E-state index in [1.807, 2.05) is 0 Å². The topological polar surface area (TPSA) is 27.0 Å². The van der Waals surface area contributed by atoms with Crippen molar-refractivity contribution in [2.75, 3.05) is 6.54 Å². The molecule has 16 heavy (non-hydrogen) atoms. The van der Waals surface area contributed by atoms with Gasteiger partial charge in [0, 0.05) is 18.1 Å². The fourth-order valence-corrected chi connectivity index (χ4v) is 3.39. The van der Waals surface area contributed by atoms with Crippen molar-refractivity contribution < 1.29 is 0 Å². The molecule has 0 amide bonds. The molecular weight excluding hydrogens is 196 g/mol. The van der Waals surface area contributed by atoms with E-state index in [2.05, 4.69) is 24.8 Å². The van der Waals surface area contributed by atoms with Crippen LogP contribution in [0.4, 0.5) is 0 Å². The van der Waals surface area contributed by atoms with E-state index in [9.17, 15) is 0 Å². The Morgan fingerprint density at radius 3 is 2.44 bits per heavy atom. The Morgan fingerprint density at radius 1 is 1.12 bits per heavy atom. The van der Waals surface area contributed by atoms with Crippen LogP contribution in [0, 0.1) is 17.2 Å². The first-order valence-electron chi connectivity index (χ1n) is 6.80. The Labute approximate surface area is 99.6 Å². The highest BCUT2D eigenvalue weighted by Gasteiger charge is 2.38. The van der Waals surface area contributed by atoms with Crippen LogP contribution in [0.3, 0.4) is 0 Å². The normalized spacial score (nSPS) is 32.2. The second-order valence-electron chi connectivity index (χ2n) is 6.12. The summed E-state index contributed by atoms with van der Waals surface area (Å²) in [7, 11) is 0. The summed E-state index contributed by atoms with van der Waals surface area (Å²) >= 11 is 0. The Morgan fingerprint density at radius 2 is 1.81 bits per heavy atom. The van der Waals surface area contributed by atoms with Crippen molar-refractivity contribution in [2.45, 2.75) is 70.4 Å². The number of nitriles is 1. The van der Waals surface area contributed by atoms with Crippen LogP contribution < -0.4 is 0 Å². The van der Waals surface area contributed by atoms with Crippen molar-refractivity contribution in [1.29, 1.82) is 5.26 Å². The molecule has 0 bridgehead atoms. The summed E-state index contributed by atoms with van der Waals surface area (Å²) in [6.07, 6.45) is 9.15. The summed E-state index contributed by atoms with van der Waals surface area (Å²) < 4.78 is 0. The first kappa shape index (κ1) is 11.9. The summed E-state index contributed by atoms with van der Waals surface area (Å²) in [6.45, 7) is 5.72. The van der Waals surface area contributed by atoms with E-state index in [4.69, 9.17) is 5.26 Å². The standard InChI is InChI=1S/C14H24N2/c1-14(2)9-8-12(10-15)11-16(14)13-6-4-3-5-7-13/h12-13H,3-9,11H2,1-2H3. The summed E-state index contributed by atoms with van der Waals surface area (Å²) in [6, 6.07) is 3.22. The Hall–Kier alpha value is -0.550. The SMILES string of the molecule is CC1(C)CCC(C#N)CN1C1CCCCC1. The molecular formula is C14H24N2. The molecule has 1 saturated carbocycles. The van der Waals surface area contributed by atoms with Crippen LogP contribution in [0.25, 0.3) is 0 Å². The Bertz CT molecular complexity index is 271. The minimum Gasteiger partial charge on any atom is -0.294 e. The third-order valence-electron chi connectivity index (χ3n) is 4.50. The van der Waals surface area contributed by atoms with E-state index >= 15 is 0 Å². The molecule has 0 spiro atoms. The summed E-state index contributed by atoms with van der Waals surface area (Å²) in [5.74, 6) is 0.273. The third kappa shape index (κ3) is 2.40.